The number of aryl methyl sites for hydroxylation is 1. The third kappa shape index (κ3) is 6.01. The molecule has 0 spiro atoms. The Hall–Kier alpha value is -2.15. The van der Waals surface area contributed by atoms with Gasteiger partial charge in [0.2, 0.25) is 0 Å². The molecular weight excluding hydrogens is 339 g/mol. The van der Waals surface area contributed by atoms with Crippen LogP contribution in [0, 0.1) is 5.82 Å². The summed E-state index contributed by atoms with van der Waals surface area (Å²) < 4.78 is 19.4. The second kappa shape index (κ2) is 9.98. The van der Waals surface area contributed by atoms with Crippen molar-refractivity contribution in [2.75, 3.05) is 13.6 Å². The molecule has 0 aliphatic heterocycles. The molecule has 1 unspecified atom stereocenters. The molecule has 1 aromatic heterocycles. The number of para-hydroxylation sites is 1. The van der Waals surface area contributed by atoms with E-state index in [4.69, 9.17) is 4.74 Å². The van der Waals surface area contributed by atoms with Gasteiger partial charge < -0.3 is 15.4 Å². The Bertz CT molecular complexity index is 689. The normalized spacial score (nSPS) is 12.7. The molecule has 0 amide bonds. The molecule has 1 aromatic carbocycles. The molecule has 0 radical (unpaired) electrons. The number of halogens is 1. The molecule has 136 valence electrons. The van der Waals surface area contributed by atoms with Crippen LogP contribution in [0.5, 0.6) is 5.75 Å². The Labute approximate surface area is 152 Å². The first-order chi connectivity index (χ1) is 12.2. The van der Waals surface area contributed by atoms with Crippen molar-refractivity contribution < 1.29 is 9.13 Å². The molecule has 2 N–H and O–H groups in total. The van der Waals surface area contributed by atoms with Crippen LogP contribution in [0.4, 0.5) is 4.39 Å². The van der Waals surface area contributed by atoms with Crippen molar-refractivity contribution in [3.8, 4) is 5.75 Å². The van der Waals surface area contributed by atoms with E-state index in [0.717, 1.165) is 17.8 Å². The number of rotatable bonds is 8. The summed E-state index contributed by atoms with van der Waals surface area (Å²) in [4.78, 5) is 9.85. The van der Waals surface area contributed by atoms with Gasteiger partial charge in [0.05, 0.1) is 13.1 Å². The Kier molecular flexibility index (Phi) is 7.66. The molecule has 0 bridgehead atoms. The third-order valence-electron chi connectivity index (χ3n) is 3.66. The van der Waals surface area contributed by atoms with Crippen molar-refractivity contribution in [2.45, 2.75) is 39.3 Å². The number of guanidine groups is 1. The van der Waals surface area contributed by atoms with Crippen LogP contribution in [0.2, 0.25) is 0 Å². The van der Waals surface area contributed by atoms with E-state index in [2.05, 4.69) is 27.5 Å². The average molecular weight is 364 g/mol. The summed E-state index contributed by atoms with van der Waals surface area (Å²) in [6, 6.07) is 6.45. The number of aliphatic imine (C=N–C) groups is 1. The Morgan fingerprint density at radius 1 is 1.32 bits per heavy atom. The predicted molar refractivity (Wildman–Crippen MR) is 101 cm³/mol. The van der Waals surface area contributed by atoms with Crippen LogP contribution in [0.3, 0.4) is 0 Å². The average Bonchev–Trinajstić information content (AvgIpc) is 3.10. The van der Waals surface area contributed by atoms with Crippen LogP contribution < -0.4 is 15.4 Å². The minimum atomic E-state index is -0.348. The van der Waals surface area contributed by atoms with Crippen LogP contribution in [-0.4, -0.2) is 30.6 Å². The summed E-state index contributed by atoms with van der Waals surface area (Å²) in [5, 5.41) is 7.48. The van der Waals surface area contributed by atoms with Gasteiger partial charge in [-0.25, -0.2) is 9.37 Å². The van der Waals surface area contributed by atoms with E-state index in [1.807, 2.05) is 13.1 Å². The summed E-state index contributed by atoms with van der Waals surface area (Å²) >= 11 is 1.69. The lowest BCUT2D eigenvalue weighted by Gasteiger charge is -2.20. The molecule has 0 aliphatic rings. The molecule has 2 aromatic rings. The lowest BCUT2D eigenvalue weighted by Crippen LogP contribution is -2.42. The van der Waals surface area contributed by atoms with E-state index in [1.165, 1.54) is 10.9 Å². The number of nitrogens with zero attached hydrogens (tertiary/aromatic N) is 2. The molecule has 0 saturated heterocycles. The number of thiazole rings is 1. The molecular formula is C18H25FN4OS. The van der Waals surface area contributed by atoms with Gasteiger partial charge in [-0.1, -0.05) is 26.0 Å². The number of hydrogen-bond donors (Lipinski definition) is 2. The fourth-order valence-corrected chi connectivity index (χ4v) is 2.98. The molecule has 7 heteroatoms. The standard InChI is InChI=1S/C18H25FN4OS/c1-4-13(24-16-9-7-6-8-15(16)19)10-22-18(20-3)23-12-17-21-11-14(5-2)25-17/h6-9,11,13H,4-5,10,12H2,1-3H3,(H2,20,22,23). The number of hydrogen-bond acceptors (Lipinski definition) is 4. The van der Waals surface area contributed by atoms with E-state index < -0.39 is 0 Å². The topological polar surface area (TPSA) is 58.5 Å². The highest BCUT2D eigenvalue weighted by Crippen LogP contribution is 2.17. The smallest absolute Gasteiger partial charge is 0.191 e. The molecule has 25 heavy (non-hydrogen) atoms. The first-order valence-electron chi connectivity index (χ1n) is 8.45. The van der Waals surface area contributed by atoms with Crippen molar-refractivity contribution in [3.05, 3.63) is 46.2 Å². The monoisotopic (exact) mass is 364 g/mol. The summed E-state index contributed by atoms with van der Waals surface area (Å²) in [7, 11) is 1.72. The lowest BCUT2D eigenvalue weighted by atomic mass is 10.2. The van der Waals surface area contributed by atoms with Gasteiger partial charge in [0, 0.05) is 18.1 Å². The molecule has 5 nitrogen and oxygen atoms in total. The largest absolute Gasteiger partial charge is 0.486 e. The van der Waals surface area contributed by atoms with E-state index in [0.29, 0.717) is 19.0 Å². The van der Waals surface area contributed by atoms with Gasteiger partial charge in [-0.15, -0.1) is 11.3 Å². The zero-order valence-corrected chi connectivity index (χ0v) is 15.7. The Morgan fingerprint density at radius 2 is 2.12 bits per heavy atom. The number of aromatic nitrogens is 1. The quantitative estimate of drug-likeness (QED) is 0.557. The van der Waals surface area contributed by atoms with Crippen LogP contribution in [0.1, 0.15) is 30.2 Å². The maximum atomic E-state index is 13.7. The first-order valence-corrected chi connectivity index (χ1v) is 9.27. The van der Waals surface area contributed by atoms with Gasteiger partial charge in [-0.3, -0.25) is 4.99 Å². The fourth-order valence-electron chi connectivity index (χ4n) is 2.17. The molecule has 2 rings (SSSR count). The number of nitrogens with one attached hydrogen (secondary N) is 2. The van der Waals surface area contributed by atoms with E-state index in [-0.39, 0.29) is 17.7 Å². The molecule has 0 fully saturated rings. The summed E-state index contributed by atoms with van der Waals surface area (Å²) in [5.74, 6) is 0.594. The lowest BCUT2D eigenvalue weighted by molar-refractivity contribution is 0.191. The number of benzene rings is 1. The first kappa shape index (κ1) is 19.2. The fraction of sp³-hybridized carbons (Fsp3) is 0.444. The SMILES string of the molecule is CCc1cnc(CNC(=NC)NCC(CC)Oc2ccccc2F)s1. The van der Waals surface area contributed by atoms with Gasteiger partial charge in [-0.05, 0) is 25.0 Å². The predicted octanol–water partition coefficient (Wildman–Crippen LogP) is 3.37. The minimum absolute atomic E-state index is 0.151. The Morgan fingerprint density at radius 3 is 2.76 bits per heavy atom. The van der Waals surface area contributed by atoms with Crippen molar-refractivity contribution in [1.82, 2.24) is 15.6 Å². The van der Waals surface area contributed by atoms with Crippen LogP contribution in [-0.2, 0) is 13.0 Å². The van der Waals surface area contributed by atoms with E-state index in [9.17, 15) is 4.39 Å². The Balaban J connectivity index is 1.82. The highest BCUT2D eigenvalue weighted by Gasteiger charge is 2.12. The molecule has 1 atom stereocenters. The second-order valence-corrected chi connectivity index (χ2v) is 6.66. The zero-order valence-electron chi connectivity index (χ0n) is 14.9. The zero-order chi connectivity index (χ0) is 18.1. The molecule has 0 saturated carbocycles. The van der Waals surface area contributed by atoms with Crippen molar-refractivity contribution in [3.63, 3.8) is 0 Å². The van der Waals surface area contributed by atoms with Gasteiger partial charge in [0.15, 0.2) is 17.5 Å². The van der Waals surface area contributed by atoms with Crippen LogP contribution in [0.25, 0.3) is 0 Å². The second-order valence-electron chi connectivity index (χ2n) is 5.46. The van der Waals surface area contributed by atoms with Crippen molar-refractivity contribution in [1.29, 1.82) is 0 Å². The van der Waals surface area contributed by atoms with Gasteiger partial charge in [0.1, 0.15) is 11.1 Å². The highest BCUT2D eigenvalue weighted by molar-refractivity contribution is 7.11. The highest BCUT2D eigenvalue weighted by atomic mass is 32.1. The summed E-state index contributed by atoms with van der Waals surface area (Å²) in [6.45, 7) is 5.27. The third-order valence-corrected chi connectivity index (χ3v) is 4.81. The van der Waals surface area contributed by atoms with Crippen LogP contribution in [0.15, 0.2) is 35.5 Å². The number of ether oxygens (including phenoxy) is 1. The van der Waals surface area contributed by atoms with Gasteiger partial charge >= 0.3 is 0 Å². The maximum absolute atomic E-state index is 13.7. The molecule has 1 heterocycles. The van der Waals surface area contributed by atoms with Gasteiger partial charge in [-0.2, -0.15) is 0 Å². The van der Waals surface area contributed by atoms with Crippen molar-refractivity contribution >= 4 is 17.3 Å². The van der Waals surface area contributed by atoms with E-state index >= 15 is 0 Å². The minimum Gasteiger partial charge on any atom is -0.486 e. The van der Waals surface area contributed by atoms with Crippen LogP contribution >= 0.6 is 11.3 Å². The summed E-state index contributed by atoms with van der Waals surface area (Å²) in [5.41, 5.74) is 0. The maximum Gasteiger partial charge on any atom is 0.191 e. The van der Waals surface area contributed by atoms with Crippen molar-refractivity contribution in [2.24, 2.45) is 4.99 Å². The summed E-state index contributed by atoms with van der Waals surface area (Å²) in [6.07, 6.45) is 3.51. The van der Waals surface area contributed by atoms with Gasteiger partial charge in [0.25, 0.3) is 0 Å². The molecule has 0 aliphatic carbocycles. The van der Waals surface area contributed by atoms with E-state index in [1.54, 1.807) is 36.6 Å².